The Balaban J connectivity index is 2.42. The van der Waals surface area contributed by atoms with Crippen LogP contribution in [0, 0.1) is 0 Å². The maximum atomic E-state index is 10.0. The highest BCUT2D eigenvalue weighted by atomic mass is 79.9. The van der Waals surface area contributed by atoms with Gasteiger partial charge in [-0.05, 0) is 36.2 Å². The number of rotatable bonds is 6. The highest BCUT2D eigenvalue weighted by Gasteiger charge is 2.21. The van der Waals surface area contributed by atoms with E-state index in [0.29, 0.717) is 34.2 Å². The zero-order valence-electron chi connectivity index (χ0n) is 12.5. The zero-order valence-corrected chi connectivity index (χ0v) is 14.1. The van der Waals surface area contributed by atoms with Crippen LogP contribution in [0.15, 0.2) is 4.73 Å². The van der Waals surface area contributed by atoms with Crippen LogP contribution in [0.3, 0.4) is 0 Å². The molecule has 0 aliphatic carbocycles. The molecule has 0 atom stereocenters. The van der Waals surface area contributed by atoms with E-state index in [-0.39, 0.29) is 0 Å². The van der Waals surface area contributed by atoms with Gasteiger partial charge in [0.2, 0.25) is 5.95 Å². The summed E-state index contributed by atoms with van der Waals surface area (Å²) in [6.07, 6.45) is 2.13. The summed E-state index contributed by atoms with van der Waals surface area (Å²) >= 11 is 3.38. The monoisotopic (exact) mass is 356 g/mol. The van der Waals surface area contributed by atoms with Gasteiger partial charge >= 0.3 is 0 Å². The molecule has 7 nitrogen and oxygen atoms in total. The summed E-state index contributed by atoms with van der Waals surface area (Å²) in [5, 5.41) is 13.2. The van der Waals surface area contributed by atoms with Gasteiger partial charge in [-0.15, -0.1) is 0 Å². The zero-order chi connectivity index (χ0) is 15.6. The van der Waals surface area contributed by atoms with E-state index in [1.54, 1.807) is 18.4 Å². The van der Waals surface area contributed by atoms with Crippen LogP contribution < -0.4 is 11.1 Å². The van der Waals surface area contributed by atoms with Gasteiger partial charge in [0.05, 0.1) is 12.1 Å². The molecule has 116 valence electrons. The lowest BCUT2D eigenvalue weighted by molar-refractivity contribution is 0.0618. The van der Waals surface area contributed by atoms with Crippen LogP contribution in [0.25, 0.3) is 11.2 Å². The van der Waals surface area contributed by atoms with Gasteiger partial charge in [0, 0.05) is 6.54 Å². The lowest BCUT2D eigenvalue weighted by atomic mass is 10.1. The van der Waals surface area contributed by atoms with Gasteiger partial charge in [0.15, 0.2) is 21.7 Å². The third-order valence-electron chi connectivity index (χ3n) is 2.93. The van der Waals surface area contributed by atoms with E-state index in [1.165, 1.54) is 0 Å². The Labute approximate surface area is 132 Å². The second-order valence-electron chi connectivity index (χ2n) is 5.66. The molecule has 0 aliphatic rings. The molecule has 0 saturated carbocycles. The van der Waals surface area contributed by atoms with Crippen molar-refractivity contribution in [2.45, 2.75) is 45.8 Å². The van der Waals surface area contributed by atoms with Crippen molar-refractivity contribution in [3.8, 4) is 0 Å². The summed E-state index contributed by atoms with van der Waals surface area (Å²) in [4.78, 5) is 13.0. The summed E-state index contributed by atoms with van der Waals surface area (Å²) in [6, 6.07) is 0. The Morgan fingerprint density at radius 2 is 2.05 bits per heavy atom. The van der Waals surface area contributed by atoms with E-state index in [0.717, 1.165) is 19.4 Å². The first-order chi connectivity index (χ1) is 9.81. The second kappa shape index (κ2) is 6.15. The number of imidazole rings is 1. The molecule has 0 amide bonds. The number of aliphatic hydroxyl groups is 1. The van der Waals surface area contributed by atoms with E-state index in [2.05, 4.69) is 43.1 Å². The summed E-state index contributed by atoms with van der Waals surface area (Å²) in [5.74, 6) is 0.812. The molecule has 0 aromatic carbocycles. The van der Waals surface area contributed by atoms with Crippen LogP contribution in [0.5, 0.6) is 0 Å². The molecule has 0 spiro atoms. The van der Waals surface area contributed by atoms with Gasteiger partial charge in [0.25, 0.3) is 0 Å². The molecule has 21 heavy (non-hydrogen) atoms. The molecule has 2 heterocycles. The molecule has 8 heteroatoms. The first kappa shape index (κ1) is 16.0. The molecule has 0 radical (unpaired) electrons. The second-order valence-corrected chi connectivity index (χ2v) is 6.37. The van der Waals surface area contributed by atoms with Crippen molar-refractivity contribution >= 4 is 38.9 Å². The molecular weight excluding hydrogens is 336 g/mol. The Kier molecular flexibility index (Phi) is 4.67. The van der Waals surface area contributed by atoms with Crippen LogP contribution in [0.4, 0.5) is 11.8 Å². The molecule has 0 fully saturated rings. The number of halogens is 1. The summed E-state index contributed by atoms with van der Waals surface area (Å²) in [7, 11) is 0. The highest BCUT2D eigenvalue weighted by molar-refractivity contribution is 9.10. The maximum Gasteiger partial charge on any atom is 0.226 e. The first-order valence-electron chi connectivity index (χ1n) is 6.97. The Bertz CT molecular complexity index is 634. The minimum absolute atomic E-state index is 0.328. The summed E-state index contributed by atoms with van der Waals surface area (Å²) in [6.45, 7) is 6.74. The number of unbranched alkanes of at least 4 members (excludes halogenated alkanes) is 1. The highest BCUT2D eigenvalue weighted by Crippen LogP contribution is 2.25. The Hall–Kier alpha value is -1.41. The predicted molar refractivity (Wildman–Crippen MR) is 87.1 cm³/mol. The summed E-state index contributed by atoms with van der Waals surface area (Å²) in [5.41, 5.74) is 6.22. The van der Waals surface area contributed by atoms with Crippen molar-refractivity contribution < 1.29 is 5.11 Å². The maximum absolute atomic E-state index is 10.0. The number of hydrogen-bond donors (Lipinski definition) is 3. The minimum atomic E-state index is -0.883. The number of aromatic nitrogens is 4. The average Bonchev–Trinajstić information content (AvgIpc) is 2.66. The number of anilines is 2. The van der Waals surface area contributed by atoms with E-state index in [1.807, 2.05) is 0 Å². The van der Waals surface area contributed by atoms with Crippen molar-refractivity contribution in [3.63, 3.8) is 0 Å². The normalized spacial score (nSPS) is 12.0. The fraction of sp³-hybridized carbons (Fsp3) is 0.615. The number of fused-ring (bicyclic) bond motifs is 1. The van der Waals surface area contributed by atoms with Crippen molar-refractivity contribution in [2.24, 2.45) is 0 Å². The molecule has 0 bridgehead atoms. The van der Waals surface area contributed by atoms with Crippen molar-refractivity contribution in [1.29, 1.82) is 0 Å². The number of nitrogens with one attached hydrogen (secondary N) is 1. The lowest BCUT2D eigenvalue weighted by Gasteiger charge is -2.18. The van der Waals surface area contributed by atoms with Crippen LogP contribution in [0.1, 0.15) is 33.6 Å². The van der Waals surface area contributed by atoms with Gasteiger partial charge in [-0.3, -0.25) is 0 Å². The van der Waals surface area contributed by atoms with E-state index in [9.17, 15) is 5.11 Å². The smallest absolute Gasteiger partial charge is 0.226 e. The minimum Gasteiger partial charge on any atom is -0.389 e. The largest absolute Gasteiger partial charge is 0.389 e. The molecule has 4 N–H and O–H groups in total. The third kappa shape index (κ3) is 3.82. The van der Waals surface area contributed by atoms with E-state index >= 15 is 0 Å². The SMILES string of the molecule is CCCCNc1nc(N)c2nc(Br)n(CC(C)(C)O)c2n1. The topological polar surface area (TPSA) is 102 Å². The Morgan fingerprint density at radius 1 is 1.33 bits per heavy atom. The lowest BCUT2D eigenvalue weighted by Crippen LogP contribution is -2.26. The standard InChI is InChI=1S/C13H21BrN6O/c1-4-5-6-16-12-18-9(15)8-10(19-12)20(11(14)17-8)7-13(2,3)21/h21H,4-7H2,1-3H3,(H3,15,16,18,19). The number of hydrogen-bond acceptors (Lipinski definition) is 6. The molecular formula is C13H21BrN6O. The number of nitrogens with zero attached hydrogens (tertiary/aromatic N) is 4. The van der Waals surface area contributed by atoms with Crippen LogP contribution >= 0.6 is 15.9 Å². The molecule has 2 aromatic rings. The molecule has 0 unspecified atom stereocenters. The molecule has 0 saturated heterocycles. The number of nitrogens with two attached hydrogens (primary N) is 1. The van der Waals surface area contributed by atoms with Crippen LogP contribution in [0.2, 0.25) is 0 Å². The summed E-state index contributed by atoms with van der Waals surface area (Å²) < 4.78 is 2.37. The van der Waals surface area contributed by atoms with Crippen LogP contribution in [-0.4, -0.2) is 36.8 Å². The first-order valence-corrected chi connectivity index (χ1v) is 7.76. The van der Waals surface area contributed by atoms with Gasteiger partial charge in [-0.2, -0.15) is 9.97 Å². The fourth-order valence-electron chi connectivity index (χ4n) is 1.98. The molecule has 2 rings (SSSR count). The molecule has 2 aromatic heterocycles. The van der Waals surface area contributed by atoms with Gasteiger partial charge in [-0.1, -0.05) is 13.3 Å². The fourth-order valence-corrected chi connectivity index (χ4v) is 2.45. The van der Waals surface area contributed by atoms with E-state index in [4.69, 9.17) is 5.73 Å². The van der Waals surface area contributed by atoms with Gasteiger partial charge in [0.1, 0.15) is 0 Å². The average molecular weight is 357 g/mol. The molecule has 0 aliphatic heterocycles. The quantitative estimate of drug-likeness (QED) is 0.541. The van der Waals surface area contributed by atoms with Gasteiger partial charge in [-0.25, -0.2) is 4.98 Å². The van der Waals surface area contributed by atoms with Crippen molar-refractivity contribution in [1.82, 2.24) is 19.5 Å². The van der Waals surface area contributed by atoms with Gasteiger partial charge < -0.3 is 20.7 Å². The third-order valence-corrected chi connectivity index (χ3v) is 3.54. The van der Waals surface area contributed by atoms with Crippen molar-refractivity contribution in [3.05, 3.63) is 4.73 Å². The van der Waals surface area contributed by atoms with Crippen molar-refractivity contribution in [2.75, 3.05) is 17.6 Å². The predicted octanol–water partition coefficient (Wildman–Crippen LogP) is 2.15. The van der Waals surface area contributed by atoms with Crippen LogP contribution in [-0.2, 0) is 6.54 Å². The van der Waals surface area contributed by atoms with E-state index < -0.39 is 5.60 Å². The Morgan fingerprint density at radius 3 is 2.67 bits per heavy atom. The number of nitrogen functional groups attached to an aromatic ring is 1.